The monoisotopic (exact) mass is 242 g/mol. The van der Waals surface area contributed by atoms with Gasteiger partial charge in [0.1, 0.15) is 0 Å². The SMILES string of the molecule is CN(C)CCCN1CCCN(CCCN)CC1. The summed E-state index contributed by atoms with van der Waals surface area (Å²) in [5.74, 6) is 0. The predicted molar refractivity (Wildman–Crippen MR) is 74.3 cm³/mol. The molecule has 0 radical (unpaired) electrons. The van der Waals surface area contributed by atoms with Gasteiger partial charge in [-0.3, -0.25) is 0 Å². The second-order valence-electron chi connectivity index (χ2n) is 5.34. The van der Waals surface area contributed by atoms with E-state index in [0.717, 1.165) is 13.0 Å². The zero-order valence-electron chi connectivity index (χ0n) is 11.7. The molecule has 102 valence electrons. The van der Waals surface area contributed by atoms with Crippen LogP contribution in [0.15, 0.2) is 0 Å². The van der Waals surface area contributed by atoms with E-state index in [4.69, 9.17) is 5.73 Å². The second-order valence-corrected chi connectivity index (χ2v) is 5.34. The number of hydrogen-bond acceptors (Lipinski definition) is 4. The van der Waals surface area contributed by atoms with Gasteiger partial charge in [0.15, 0.2) is 0 Å². The summed E-state index contributed by atoms with van der Waals surface area (Å²) in [7, 11) is 4.30. The van der Waals surface area contributed by atoms with Gasteiger partial charge in [-0.2, -0.15) is 0 Å². The molecule has 0 spiro atoms. The van der Waals surface area contributed by atoms with Gasteiger partial charge in [0, 0.05) is 13.1 Å². The van der Waals surface area contributed by atoms with Crippen LogP contribution < -0.4 is 5.73 Å². The Kier molecular flexibility index (Phi) is 7.77. The smallest absolute Gasteiger partial charge is 0.0109 e. The van der Waals surface area contributed by atoms with Gasteiger partial charge >= 0.3 is 0 Å². The molecule has 0 aromatic carbocycles. The molecule has 0 saturated carbocycles. The highest BCUT2D eigenvalue weighted by Gasteiger charge is 2.13. The Hall–Kier alpha value is -0.160. The molecule has 1 aliphatic heterocycles. The molecule has 0 atom stereocenters. The van der Waals surface area contributed by atoms with E-state index >= 15 is 0 Å². The third kappa shape index (κ3) is 6.99. The highest BCUT2D eigenvalue weighted by molar-refractivity contribution is 4.70. The third-order valence-corrected chi connectivity index (χ3v) is 3.44. The molecular weight excluding hydrogens is 212 g/mol. The lowest BCUT2D eigenvalue weighted by Crippen LogP contribution is -2.33. The van der Waals surface area contributed by atoms with Crippen LogP contribution in [0.3, 0.4) is 0 Å². The molecule has 1 fully saturated rings. The van der Waals surface area contributed by atoms with Gasteiger partial charge in [0.25, 0.3) is 0 Å². The molecule has 0 unspecified atom stereocenters. The van der Waals surface area contributed by atoms with Gasteiger partial charge in [-0.1, -0.05) is 0 Å². The van der Waals surface area contributed by atoms with Gasteiger partial charge in [-0.05, 0) is 72.6 Å². The Morgan fingerprint density at radius 2 is 1.53 bits per heavy atom. The van der Waals surface area contributed by atoms with E-state index in [-0.39, 0.29) is 0 Å². The fourth-order valence-electron chi connectivity index (χ4n) is 2.40. The molecule has 0 amide bonds. The third-order valence-electron chi connectivity index (χ3n) is 3.44. The molecule has 4 heteroatoms. The molecule has 4 nitrogen and oxygen atoms in total. The van der Waals surface area contributed by atoms with Crippen molar-refractivity contribution >= 4 is 0 Å². The molecular formula is C13H30N4. The number of rotatable bonds is 7. The fourth-order valence-corrected chi connectivity index (χ4v) is 2.40. The van der Waals surface area contributed by atoms with E-state index in [9.17, 15) is 0 Å². The molecule has 0 bridgehead atoms. The Morgan fingerprint density at radius 1 is 0.941 bits per heavy atom. The molecule has 0 aliphatic carbocycles. The quantitative estimate of drug-likeness (QED) is 0.696. The van der Waals surface area contributed by atoms with Gasteiger partial charge in [-0.25, -0.2) is 0 Å². The molecule has 17 heavy (non-hydrogen) atoms. The summed E-state index contributed by atoms with van der Waals surface area (Å²) >= 11 is 0. The van der Waals surface area contributed by atoms with Crippen LogP contribution in [-0.2, 0) is 0 Å². The molecule has 1 heterocycles. The van der Waals surface area contributed by atoms with Gasteiger partial charge < -0.3 is 20.4 Å². The van der Waals surface area contributed by atoms with E-state index in [0.29, 0.717) is 0 Å². The minimum absolute atomic E-state index is 0.822. The Bertz CT molecular complexity index is 184. The van der Waals surface area contributed by atoms with Crippen LogP contribution in [0.5, 0.6) is 0 Å². The molecule has 0 aromatic rings. The van der Waals surface area contributed by atoms with E-state index in [2.05, 4.69) is 28.8 Å². The van der Waals surface area contributed by atoms with Crippen LogP contribution in [0.4, 0.5) is 0 Å². The predicted octanol–water partition coefficient (Wildman–Crippen LogP) is 0.295. The van der Waals surface area contributed by atoms with Crippen molar-refractivity contribution in [3.8, 4) is 0 Å². The summed E-state index contributed by atoms with van der Waals surface area (Å²) in [6.45, 7) is 9.44. The maximum Gasteiger partial charge on any atom is 0.0109 e. The summed E-state index contributed by atoms with van der Waals surface area (Å²) < 4.78 is 0. The van der Waals surface area contributed by atoms with E-state index in [1.807, 2.05) is 0 Å². The highest BCUT2D eigenvalue weighted by atomic mass is 15.2. The normalized spacial score (nSPS) is 19.8. The van der Waals surface area contributed by atoms with Crippen molar-refractivity contribution in [1.29, 1.82) is 0 Å². The van der Waals surface area contributed by atoms with Crippen LogP contribution in [-0.4, -0.2) is 81.2 Å². The van der Waals surface area contributed by atoms with Crippen molar-refractivity contribution in [2.75, 3.05) is 66.5 Å². The topological polar surface area (TPSA) is 35.7 Å². The van der Waals surface area contributed by atoms with Crippen molar-refractivity contribution < 1.29 is 0 Å². The first-order valence-electron chi connectivity index (χ1n) is 7.02. The lowest BCUT2D eigenvalue weighted by molar-refractivity contribution is 0.245. The summed E-state index contributed by atoms with van der Waals surface area (Å²) in [4.78, 5) is 7.45. The minimum atomic E-state index is 0.822. The van der Waals surface area contributed by atoms with Crippen molar-refractivity contribution in [2.45, 2.75) is 19.3 Å². The zero-order chi connectivity index (χ0) is 12.5. The first-order valence-corrected chi connectivity index (χ1v) is 7.02. The standard InChI is InChI=1S/C13H30N4/c1-15(2)7-4-9-17-11-5-10-16(12-13-17)8-3-6-14/h3-14H2,1-2H3. The maximum absolute atomic E-state index is 5.56. The van der Waals surface area contributed by atoms with Crippen molar-refractivity contribution in [1.82, 2.24) is 14.7 Å². The summed E-state index contributed by atoms with van der Waals surface area (Å²) in [5, 5.41) is 0. The number of nitrogens with two attached hydrogens (primary N) is 1. The average molecular weight is 242 g/mol. The fraction of sp³-hybridized carbons (Fsp3) is 1.00. The van der Waals surface area contributed by atoms with Crippen LogP contribution in [0, 0.1) is 0 Å². The van der Waals surface area contributed by atoms with Gasteiger partial charge in [0.05, 0.1) is 0 Å². The molecule has 1 aliphatic rings. The summed E-state index contributed by atoms with van der Waals surface area (Å²) in [6, 6.07) is 0. The highest BCUT2D eigenvalue weighted by Crippen LogP contribution is 2.04. The summed E-state index contributed by atoms with van der Waals surface area (Å²) in [6.07, 6.45) is 3.74. The van der Waals surface area contributed by atoms with Crippen LogP contribution >= 0.6 is 0 Å². The zero-order valence-corrected chi connectivity index (χ0v) is 11.7. The molecule has 0 aromatic heterocycles. The Morgan fingerprint density at radius 3 is 2.06 bits per heavy atom. The molecule has 1 rings (SSSR count). The van der Waals surface area contributed by atoms with Crippen LogP contribution in [0.2, 0.25) is 0 Å². The van der Waals surface area contributed by atoms with E-state index < -0.39 is 0 Å². The lowest BCUT2D eigenvalue weighted by atomic mass is 10.3. The summed E-state index contributed by atoms with van der Waals surface area (Å²) in [5.41, 5.74) is 5.56. The van der Waals surface area contributed by atoms with E-state index in [1.54, 1.807) is 0 Å². The minimum Gasteiger partial charge on any atom is -0.330 e. The Labute approximate surface area is 107 Å². The van der Waals surface area contributed by atoms with Crippen molar-refractivity contribution in [3.63, 3.8) is 0 Å². The molecule has 1 saturated heterocycles. The number of nitrogens with zero attached hydrogens (tertiary/aromatic N) is 3. The largest absolute Gasteiger partial charge is 0.330 e. The van der Waals surface area contributed by atoms with Crippen molar-refractivity contribution in [3.05, 3.63) is 0 Å². The number of hydrogen-bond donors (Lipinski definition) is 1. The van der Waals surface area contributed by atoms with Gasteiger partial charge in [0.2, 0.25) is 0 Å². The maximum atomic E-state index is 5.56. The van der Waals surface area contributed by atoms with Crippen molar-refractivity contribution in [2.24, 2.45) is 5.73 Å². The second kappa shape index (κ2) is 8.86. The van der Waals surface area contributed by atoms with Gasteiger partial charge in [-0.15, -0.1) is 0 Å². The molecule has 2 N–H and O–H groups in total. The van der Waals surface area contributed by atoms with Crippen LogP contribution in [0.1, 0.15) is 19.3 Å². The lowest BCUT2D eigenvalue weighted by Gasteiger charge is -2.22. The van der Waals surface area contributed by atoms with E-state index in [1.165, 1.54) is 58.7 Å². The van der Waals surface area contributed by atoms with Crippen LogP contribution in [0.25, 0.3) is 0 Å². The first-order chi connectivity index (χ1) is 8.22. The average Bonchev–Trinajstić information content (AvgIpc) is 2.51. The first kappa shape index (κ1) is 14.9. The Balaban J connectivity index is 2.13.